The van der Waals surface area contributed by atoms with Gasteiger partial charge < -0.3 is 4.90 Å². The lowest BCUT2D eigenvalue weighted by Crippen LogP contribution is -2.37. The van der Waals surface area contributed by atoms with Crippen molar-refractivity contribution in [3.05, 3.63) is 59.2 Å². The first-order chi connectivity index (χ1) is 12.1. The number of halogens is 2. The third-order valence-corrected chi connectivity index (χ3v) is 5.46. The van der Waals surface area contributed by atoms with Crippen LogP contribution in [0.4, 0.5) is 14.5 Å². The number of sulfonamides is 1. The molecule has 0 bridgehead atoms. The molecule has 2 aromatic carbocycles. The molecule has 0 unspecified atom stereocenters. The van der Waals surface area contributed by atoms with E-state index in [1.807, 2.05) is 6.92 Å². The highest BCUT2D eigenvalue weighted by molar-refractivity contribution is 7.89. The van der Waals surface area contributed by atoms with Gasteiger partial charge in [0, 0.05) is 31.8 Å². The Kier molecular flexibility index (Phi) is 6.09. The van der Waals surface area contributed by atoms with Crippen molar-refractivity contribution < 1.29 is 22.0 Å². The van der Waals surface area contributed by atoms with Crippen molar-refractivity contribution in [3.63, 3.8) is 0 Å². The molecule has 0 radical (unpaired) electrons. The molecule has 140 valence electrons. The molecule has 0 atom stereocenters. The summed E-state index contributed by atoms with van der Waals surface area (Å²) < 4.78 is 53.7. The van der Waals surface area contributed by atoms with Crippen molar-refractivity contribution in [2.24, 2.45) is 0 Å². The van der Waals surface area contributed by atoms with E-state index in [4.69, 9.17) is 0 Å². The van der Waals surface area contributed by atoms with Gasteiger partial charge in [-0.25, -0.2) is 21.9 Å². The zero-order valence-electron chi connectivity index (χ0n) is 14.7. The topological polar surface area (TPSA) is 66.5 Å². The lowest BCUT2D eigenvalue weighted by molar-refractivity contribution is -0.116. The minimum atomic E-state index is -3.75. The first kappa shape index (κ1) is 20.0. The number of nitrogens with one attached hydrogen (secondary N) is 1. The Bertz CT molecular complexity index is 930. The quantitative estimate of drug-likeness (QED) is 0.835. The summed E-state index contributed by atoms with van der Waals surface area (Å²) in [6.45, 7) is 4.73. The standard InChI is InChI=1S/C18H20F2N2O3S/c1-12-4-7-18(13(2)10-12)26(24,25)21-8-9-22(14(3)23)15-5-6-16(19)17(20)11-15/h4-7,10-11,21H,8-9H2,1-3H3. The molecule has 0 heterocycles. The maximum atomic E-state index is 13.4. The number of nitrogens with zero attached hydrogens (tertiary/aromatic N) is 1. The van der Waals surface area contributed by atoms with Gasteiger partial charge in [0.2, 0.25) is 15.9 Å². The molecule has 1 amide bonds. The van der Waals surface area contributed by atoms with Gasteiger partial charge in [-0.15, -0.1) is 0 Å². The van der Waals surface area contributed by atoms with E-state index in [0.29, 0.717) is 5.56 Å². The molecule has 0 saturated carbocycles. The summed E-state index contributed by atoms with van der Waals surface area (Å²) in [4.78, 5) is 13.1. The Morgan fingerprint density at radius 1 is 1.08 bits per heavy atom. The summed E-state index contributed by atoms with van der Waals surface area (Å²) in [6.07, 6.45) is 0. The van der Waals surface area contributed by atoms with E-state index >= 15 is 0 Å². The number of hydrogen-bond acceptors (Lipinski definition) is 3. The van der Waals surface area contributed by atoms with Crippen LogP contribution in [-0.2, 0) is 14.8 Å². The van der Waals surface area contributed by atoms with Gasteiger partial charge in [0.1, 0.15) is 0 Å². The van der Waals surface area contributed by atoms with Gasteiger partial charge >= 0.3 is 0 Å². The Morgan fingerprint density at radius 2 is 1.77 bits per heavy atom. The zero-order valence-corrected chi connectivity index (χ0v) is 15.5. The molecule has 26 heavy (non-hydrogen) atoms. The Hall–Kier alpha value is -2.32. The van der Waals surface area contributed by atoms with E-state index in [-0.39, 0.29) is 23.7 Å². The predicted molar refractivity (Wildman–Crippen MR) is 95.5 cm³/mol. The fourth-order valence-corrected chi connectivity index (χ4v) is 3.84. The maximum absolute atomic E-state index is 13.4. The molecule has 2 aromatic rings. The molecule has 0 aliphatic carbocycles. The van der Waals surface area contributed by atoms with Crippen molar-refractivity contribution >= 4 is 21.6 Å². The van der Waals surface area contributed by atoms with E-state index in [9.17, 15) is 22.0 Å². The SMILES string of the molecule is CC(=O)N(CCNS(=O)(=O)c1ccc(C)cc1C)c1ccc(F)c(F)c1. The molecule has 5 nitrogen and oxygen atoms in total. The molecule has 8 heteroatoms. The molecule has 0 aliphatic rings. The zero-order chi connectivity index (χ0) is 19.5. The van der Waals surface area contributed by atoms with Crippen LogP contribution < -0.4 is 9.62 Å². The summed E-state index contributed by atoms with van der Waals surface area (Å²) >= 11 is 0. The highest BCUT2D eigenvalue weighted by Gasteiger charge is 2.18. The number of rotatable bonds is 6. The van der Waals surface area contributed by atoms with Crippen molar-refractivity contribution in [3.8, 4) is 0 Å². The van der Waals surface area contributed by atoms with Crippen LogP contribution in [0.1, 0.15) is 18.1 Å². The van der Waals surface area contributed by atoms with E-state index in [1.165, 1.54) is 24.0 Å². The fraction of sp³-hybridized carbons (Fsp3) is 0.278. The first-order valence-corrected chi connectivity index (χ1v) is 9.40. The number of benzene rings is 2. The summed E-state index contributed by atoms with van der Waals surface area (Å²) in [5.74, 6) is -2.51. The largest absolute Gasteiger partial charge is 0.311 e. The minimum absolute atomic E-state index is 0.0233. The van der Waals surface area contributed by atoms with Crippen LogP contribution in [-0.4, -0.2) is 27.4 Å². The van der Waals surface area contributed by atoms with Crippen LogP contribution in [0.2, 0.25) is 0 Å². The third-order valence-electron chi connectivity index (χ3n) is 3.84. The molecular weight excluding hydrogens is 362 g/mol. The first-order valence-electron chi connectivity index (χ1n) is 7.92. The number of aryl methyl sites for hydroxylation is 2. The van der Waals surface area contributed by atoms with Crippen LogP contribution in [0, 0.1) is 25.5 Å². The van der Waals surface area contributed by atoms with Crippen LogP contribution >= 0.6 is 0 Å². The normalized spacial score (nSPS) is 11.4. The molecule has 1 N–H and O–H groups in total. The second-order valence-electron chi connectivity index (χ2n) is 5.94. The third kappa shape index (κ3) is 4.64. The molecule has 0 spiro atoms. The summed E-state index contributed by atoms with van der Waals surface area (Å²) in [5.41, 5.74) is 1.71. The second-order valence-corrected chi connectivity index (χ2v) is 7.67. The smallest absolute Gasteiger partial charge is 0.240 e. The Morgan fingerprint density at radius 3 is 2.35 bits per heavy atom. The summed E-state index contributed by atoms with van der Waals surface area (Å²) in [5, 5.41) is 0. The number of hydrogen-bond donors (Lipinski definition) is 1. The van der Waals surface area contributed by atoms with Gasteiger partial charge in [-0.3, -0.25) is 4.79 Å². The van der Waals surface area contributed by atoms with E-state index in [2.05, 4.69) is 4.72 Å². The van der Waals surface area contributed by atoms with Crippen LogP contribution in [0.5, 0.6) is 0 Å². The van der Waals surface area contributed by atoms with Crippen LogP contribution in [0.15, 0.2) is 41.3 Å². The number of carbonyl (C=O) groups excluding carboxylic acids is 1. The van der Waals surface area contributed by atoms with Gasteiger partial charge in [0.25, 0.3) is 0 Å². The molecule has 0 saturated heterocycles. The van der Waals surface area contributed by atoms with Gasteiger partial charge in [0.15, 0.2) is 11.6 Å². The number of carbonyl (C=O) groups is 1. The maximum Gasteiger partial charge on any atom is 0.240 e. The van der Waals surface area contributed by atoms with Crippen molar-refractivity contribution in [2.45, 2.75) is 25.7 Å². The molecule has 0 fully saturated rings. The van der Waals surface area contributed by atoms with Gasteiger partial charge in [0.05, 0.1) is 4.90 Å². The molecular formula is C18H20F2N2O3S. The lowest BCUT2D eigenvalue weighted by atomic mass is 10.2. The number of anilines is 1. The van der Waals surface area contributed by atoms with E-state index in [0.717, 1.165) is 17.7 Å². The summed E-state index contributed by atoms with van der Waals surface area (Å²) in [6, 6.07) is 8.06. The predicted octanol–water partition coefficient (Wildman–Crippen LogP) is 2.91. The fourth-order valence-electron chi connectivity index (χ4n) is 2.59. The Labute approximate surface area is 151 Å². The van der Waals surface area contributed by atoms with Gasteiger partial charge in [-0.1, -0.05) is 17.7 Å². The Balaban J connectivity index is 2.12. The average Bonchev–Trinajstić information content (AvgIpc) is 2.53. The minimum Gasteiger partial charge on any atom is -0.311 e. The van der Waals surface area contributed by atoms with Crippen LogP contribution in [0.3, 0.4) is 0 Å². The summed E-state index contributed by atoms with van der Waals surface area (Å²) in [7, 11) is -3.75. The van der Waals surface area contributed by atoms with Gasteiger partial charge in [-0.2, -0.15) is 0 Å². The van der Waals surface area contributed by atoms with Crippen molar-refractivity contribution in [1.29, 1.82) is 0 Å². The van der Waals surface area contributed by atoms with Crippen LogP contribution in [0.25, 0.3) is 0 Å². The van der Waals surface area contributed by atoms with Gasteiger partial charge in [-0.05, 0) is 37.6 Å². The monoisotopic (exact) mass is 382 g/mol. The second kappa shape index (κ2) is 7.92. The molecule has 2 rings (SSSR count). The highest BCUT2D eigenvalue weighted by Crippen LogP contribution is 2.19. The molecule has 0 aliphatic heterocycles. The molecule has 0 aromatic heterocycles. The van der Waals surface area contributed by atoms with E-state index in [1.54, 1.807) is 19.1 Å². The average molecular weight is 382 g/mol. The van der Waals surface area contributed by atoms with E-state index < -0.39 is 27.6 Å². The van der Waals surface area contributed by atoms with Crippen molar-refractivity contribution in [2.75, 3.05) is 18.0 Å². The van der Waals surface area contributed by atoms with Crippen molar-refractivity contribution in [1.82, 2.24) is 4.72 Å². The lowest BCUT2D eigenvalue weighted by Gasteiger charge is -2.21. The number of amides is 1. The highest BCUT2D eigenvalue weighted by atomic mass is 32.2.